The van der Waals surface area contributed by atoms with Gasteiger partial charge in [0.05, 0.1) is 7.11 Å². The smallest absolute Gasteiger partial charge is 0.121 e. The Hall–Kier alpha value is -1.64. The molecule has 0 fully saturated rings. The highest BCUT2D eigenvalue weighted by molar-refractivity contribution is 5.72. The Morgan fingerprint density at radius 2 is 2.23 bits per heavy atom. The van der Waals surface area contributed by atoms with Crippen molar-refractivity contribution >= 4 is 11.3 Å². The molecule has 0 aromatic heterocycles. The van der Waals surface area contributed by atoms with E-state index in [0.29, 0.717) is 11.4 Å². The molecule has 0 spiro atoms. The van der Waals surface area contributed by atoms with Gasteiger partial charge in [-0.05, 0) is 29.8 Å². The minimum atomic E-state index is 0.367. The monoisotopic (exact) mass is 177 g/mol. The van der Waals surface area contributed by atoms with Gasteiger partial charge in [-0.25, -0.2) is 0 Å². The second-order valence-electron chi connectivity index (χ2n) is 2.75. The van der Waals surface area contributed by atoms with Gasteiger partial charge in [-0.15, -0.1) is 4.91 Å². The number of benzene rings is 1. The fraction of sp³-hybridized carbons (Fsp3) is 0.200. The molecular formula is C10H11NO2. The molecule has 0 saturated carbocycles. The molecule has 0 saturated heterocycles. The molecule has 1 aromatic carbocycles. The summed E-state index contributed by atoms with van der Waals surface area (Å²) < 4.78 is 4.96. The summed E-state index contributed by atoms with van der Waals surface area (Å²) in [5, 5.41) is 2.91. The minimum Gasteiger partial charge on any atom is -0.497 e. The lowest BCUT2D eigenvalue weighted by molar-refractivity contribution is 0.415. The summed E-state index contributed by atoms with van der Waals surface area (Å²) in [6.07, 6.45) is 0. The first kappa shape index (κ1) is 9.45. The van der Waals surface area contributed by atoms with Gasteiger partial charge in [0.1, 0.15) is 11.4 Å². The van der Waals surface area contributed by atoms with Crippen molar-refractivity contribution in [2.45, 2.75) is 6.92 Å². The Morgan fingerprint density at radius 1 is 1.54 bits per heavy atom. The second kappa shape index (κ2) is 3.85. The zero-order chi connectivity index (χ0) is 9.84. The summed E-state index contributed by atoms with van der Waals surface area (Å²) in [4.78, 5) is 10.5. The number of allylic oxidation sites excluding steroid dienone is 1. The van der Waals surface area contributed by atoms with Crippen molar-refractivity contribution in [3.63, 3.8) is 0 Å². The van der Waals surface area contributed by atoms with Gasteiger partial charge in [-0.3, -0.25) is 0 Å². The predicted octanol–water partition coefficient (Wildman–Crippen LogP) is 3.13. The van der Waals surface area contributed by atoms with E-state index in [-0.39, 0.29) is 0 Å². The van der Waals surface area contributed by atoms with Crippen molar-refractivity contribution in [2.24, 2.45) is 5.18 Å². The molecule has 0 unspecified atom stereocenters. The van der Waals surface area contributed by atoms with E-state index < -0.39 is 0 Å². The van der Waals surface area contributed by atoms with Crippen LogP contribution in [0.1, 0.15) is 12.5 Å². The summed E-state index contributed by atoms with van der Waals surface area (Å²) >= 11 is 0. The van der Waals surface area contributed by atoms with Crippen LogP contribution >= 0.6 is 0 Å². The highest BCUT2D eigenvalue weighted by Crippen LogP contribution is 2.29. The maximum Gasteiger partial charge on any atom is 0.121 e. The van der Waals surface area contributed by atoms with Crippen molar-refractivity contribution in [2.75, 3.05) is 7.11 Å². The molecule has 0 bridgehead atoms. The van der Waals surface area contributed by atoms with E-state index in [0.717, 1.165) is 11.1 Å². The summed E-state index contributed by atoms with van der Waals surface area (Å²) in [6.45, 7) is 5.58. The molecule has 13 heavy (non-hydrogen) atoms. The van der Waals surface area contributed by atoms with E-state index in [1.54, 1.807) is 25.3 Å². The van der Waals surface area contributed by atoms with E-state index in [9.17, 15) is 4.91 Å². The van der Waals surface area contributed by atoms with Crippen LogP contribution in [0, 0.1) is 4.91 Å². The molecule has 0 radical (unpaired) electrons. The number of hydrogen-bond donors (Lipinski definition) is 0. The third-order valence-electron chi connectivity index (χ3n) is 1.76. The topological polar surface area (TPSA) is 38.7 Å². The summed E-state index contributed by atoms with van der Waals surface area (Å²) in [6, 6.07) is 5.15. The normalized spacial score (nSPS) is 9.38. The van der Waals surface area contributed by atoms with Crippen molar-refractivity contribution in [1.82, 2.24) is 0 Å². The summed E-state index contributed by atoms with van der Waals surface area (Å²) in [5.74, 6) is 0.625. The predicted molar refractivity (Wildman–Crippen MR) is 53.2 cm³/mol. The molecule has 3 heteroatoms. The zero-order valence-corrected chi connectivity index (χ0v) is 7.70. The Labute approximate surface area is 77.0 Å². The lowest BCUT2D eigenvalue weighted by Crippen LogP contribution is -1.84. The van der Waals surface area contributed by atoms with Gasteiger partial charge in [0.15, 0.2) is 0 Å². The van der Waals surface area contributed by atoms with Crippen LogP contribution in [-0.4, -0.2) is 7.11 Å². The zero-order valence-electron chi connectivity index (χ0n) is 7.70. The first-order valence-electron chi connectivity index (χ1n) is 3.86. The van der Waals surface area contributed by atoms with Gasteiger partial charge >= 0.3 is 0 Å². The van der Waals surface area contributed by atoms with E-state index in [4.69, 9.17) is 4.74 Å². The Kier molecular flexibility index (Phi) is 2.80. The van der Waals surface area contributed by atoms with Crippen molar-refractivity contribution in [3.05, 3.63) is 35.2 Å². The molecule has 3 nitrogen and oxygen atoms in total. The van der Waals surface area contributed by atoms with E-state index >= 15 is 0 Å². The SMILES string of the molecule is C=C(C)c1ccc(OC)cc1N=O. The van der Waals surface area contributed by atoms with Crippen LogP contribution in [0.2, 0.25) is 0 Å². The minimum absolute atomic E-state index is 0.367. The number of nitrogens with zero attached hydrogens (tertiary/aromatic N) is 1. The Morgan fingerprint density at radius 3 is 2.69 bits per heavy atom. The molecule has 1 aromatic rings. The Bertz CT molecular complexity index is 345. The van der Waals surface area contributed by atoms with E-state index in [2.05, 4.69) is 11.8 Å². The van der Waals surface area contributed by atoms with E-state index in [1.165, 1.54) is 0 Å². The maximum atomic E-state index is 10.5. The first-order valence-corrected chi connectivity index (χ1v) is 3.86. The maximum absolute atomic E-state index is 10.5. The van der Waals surface area contributed by atoms with Crippen molar-refractivity contribution in [3.8, 4) is 5.75 Å². The van der Waals surface area contributed by atoms with Gasteiger partial charge in [0.2, 0.25) is 0 Å². The standard InChI is InChI=1S/C10H11NO2/c1-7(2)9-5-4-8(13-3)6-10(9)11-12/h4-6H,1H2,2-3H3. The lowest BCUT2D eigenvalue weighted by Gasteiger charge is -2.04. The number of hydrogen-bond acceptors (Lipinski definition) is 3. The summed E-state index contributed by atoms with van der Waals surface area (Å²) in [7, 11) is 1.55. The van der Waals surface area contributed by atoms with Crippen LogP contribution in [0.3, 0.4) is 0 Å². The highest BCUT2D eigenvalue weighted by Gasteiger charge is 2.04. The van der Waals surface area contributed by atoms with Crippen molar-refractivity contribution < 1.29 is 4.74 Å². The third-order valence-corrected chi connectivity index (χ3v) is 1.76. The molecule has 68 valence electrons. The van der Waals surface area contributed by atoms with Crippen LogP contribution in [-0.2, 0) is 0 Å². The molecule has 0 aliphatic carbocycles. The van der Waals surface area contributed by atoms with Gasteiger partial charge < -0.3 is 4.74 Å². The number of ether oxygens (including phenoxy) is 1. The molecule has 0 aliphatic heterocycles. The fourth-order valence-electron chi connectivity index (χ4n) is 1.07. The molecule has 0 atom stereocenters. The average Bonchev–Trinajstić information content (AvgIpc) is 2.16. The highest BCUT2D eigenvalue weighted by atomic mass is 16.5. The Balaban J connectivity index is 3.23. The quantitative estimate of drug-likeness (QED) is 0.665. The van der Waals surface area contributed by atoms with Crippen LogP contribution < -0.4 is 4.74 Å². The van der Waals surface area contributed by atoms with Gasteiger partial charge in [0, 0.05) is 11.6 Å². The van der Waals surface area contributed by atoms with Crippen LogP contribution in [0.5, 0.6) is 5.75 Å². The second-order valence-corrected chi connectivity index (χ2v) is 2.75. The number of rotatable bonds is 3. The lowest BCUT2D eigenvalue weighted by atomic mass is 10.1. The number of methoxy groups -OCH3 is 1. The molecule has 0 amide bonds. The van der Waals surface area contributed by atoms with E-state index in [1.807, 2.05) is 6.92 Å². The van der Waals surface area contributed by atoms with Gasteiger partial charge in [0.25, 0.3) is 0 Å². The number of nitroso groups, excluding NO2 is 1. The van der Waals surface area contributed by atoms with Gasteiger partial charge in [-0.2, -0.15) is 0 Å². The molecule has 0 aliphatic rings. The van der Waals surface area contributed by atoms with Crippen LogP contribution in [0.4, 0.5) is 5.69 Å². The third kappa shape index (κ3) is 1.93. The fourth-order valence-corrected chi connectivity index (χ4v) is 1.07. The largest absolute Gasteiger partial charge is 0.497 e. The van der Waals surface area contributed by atoms with Crippen molar-refractivity contribution in [1.29, 1.82) is 0 Å². The molecule has 1 rings (SSSR count). The average molecular weight is 177 g/mol. The summed E-state index contributed by atoms with van der Waals surface area (Å²) in [5.41, 5.74) is 1.94. The van der Waals surface area contributed by atoms with Crippen LogP contribution in [0.15, 0.2) is 30.0 Å². The first-order chi connectivity index (χ1) is 6.19. The van der Waals surface area contributed by atoms with Gasteiger partial charge in [-0.1, -0.05) is 6.58 Å². The molecule has 0 N–H and O–H groups in total. The molecular weight excluding hydrogens is 166 g/mol. The van der Waals surface area contributed by atoms with Crippen LogP contribution in [0.25, 0.3) is 5.57 Å². The molecule has 0 heterocycles.